The van der Waals surface area contributed by atoms with Crippen LogP contribution in [-0.2, 0) is 15.3 Å². The van der Waals surface area contributed by atoms with Crippen LogP contribution in [0.1, 0.15) is 22.3 Å². The summed E-state index contributed by atoms with van der Waals surface area (Å²) < 4.78 is 43.4. The molecule has 0 spiro atoms. The molecule has 1 aromatic carbocycles. The number of anilines is 1. The Bertz CT molecular complexity index is 1150. The van der Waals surface area contributed by atoms with Crippen molar-refractivity contribution in [1.82, 2.24) is 14.9 Å². The molecule has 0 aliphatic carbocycles. The van der Waals surface area contributed by atoms with Crippen LogP contribution in [0.4, 0.5) is 19.0 Å². The number of alkyl halides is 3. The summed E-state index contributed by atoms with van der Waals surface area (Å²) in [6.45, 7) is -1.14. The Morgan fingerprint density at radius 3 is 2.59 bits per heavy atom. The van der Waals surface area contributed by atoms with Gasteiger partial charge in [0.25, 0.3) is 0 Å². The molecule has 1 saturated heterocycles. The molecule has 2 heterocycles. The van der Waals surface area contributed by atoms with E-state index in [4.69, 9.17) is 10.5 Å². The van der Waals surface area contributed by atoms with Crippen molar-refractivity contribution < 1.29 is 37.7 Å². The summed E-state index contributed by atoms with van der Waals surface area (Å²) in [6, 6.07) is 7.80. The zero-order valence-electron chi connectivity index (χ0n) is 17.5. The molecule has 1 fully saturated rings. The highest BCUT2D eigenvalue weighted by Gasteiger charge is 2.53. The number of aliphatic hydroxyl groups excluding tert-OH is 2. The van der Waals surface area contributed by atoms with E-state index in [1.807, 2.05) is 0 Å². The molecule has 2 aromatic rings. The van der Waals surface area contributed by atoms with Crippen LogP contribution < -0.4 is 16.7 Å². The molecule has 182 valence electrons. The van der Waals surface area contributed by atoms with Crippen molar-refractivity contribution in [3.63, 3.8) is 0 Å². The number of Topliss-reactive ketones (excluding diaryl/α,β-unsaturated/α-hetero) is 1. The number of carbonyl (C=O) groups excluding carboxylic acids is 2. The molecule has 1 aliphatic rings. The van der Waals surface area contributed by atoms with Gasteiger partial charge in [-0.25, -0.2) is 4.79 Å². The maximum absolute atomic E-state index is 13.4. The van der Waals surface area contributed by atoms with E-state index in [2.05, 4.69) is 4.98 Å². The van der Waals surface area contributed by atoms with E-state index in [-0.39, 0.29) is 23.4 Å². The predicted molar refractivity (Wildman–Crippen MR) is 112 cm³/mol. The van der Waals surface area contributed by atoms with Gasteiger partial charge in [0.1, 0.15) is 11.9 Å². The van der Waals surface area contributed by atoms with Gasteiger partial charge in [0, 0.05) is 30.3 Å². The van der Waals surface area contributed by atoms with Crippen molar-refractivity contribution in [2.24, 2.45) is 0 Å². The number of benzene rings is 1. The van der Waals surface area contributed by atoms with E-state index in [9.17, 15) is 37.8 Å². The maximum Gasteiger partial charge on any atom is 0.471 e. The van der Waals surface area contributed by atoms with Crippen LogP contribution >= 0.6 is 0 Å². The molecule has 1 amide bonds. The summed E-state index contributed by atoms with van der Waals surface area (Å²) in [5, 5.41) is 21.5. The largest absolute Gasteiger partial charge is 0.471 e. The van der Waals surface area contributed by atoms with Crippen molar-refractivity contribution >= 4 is 23.6 Å². The molecule has 0 radical (unpaired) electrons. The van der Waals surface area contributed by atoms with Crippen LogP contribution in [0, 0.1) is 0 Å². The third-order valence-corrected chi connectivity index (χ3v) is 5.14. The number of hydrogen-bond donors (Lipinski definition) is 4. The minimum atomic E-state index is -5.05. The fraction of sp³-hybridized carbons (Fsp3) is 0.333. The standard InChI is InChI=1S/C21H21F3N4O6/c22-21(23,24)18(32)26-8-4-7-13-10-28(19(33)27-17(13)25)20(9-14(30)15(11-29)34-20)16(31)12-5-2-1-3-6-12/h1-7,10,14-15,29-30H,8-9,11H2,(H,26,32)(H2,25,27,33)/t14-,15+,20-/m0/s1. The van der Waals surface area contributed by atoms with E-state index in [1.165, 1.54) is 18.2 Å². The molecule has 13 heteroatoms. The average molecular weight is 482 g/mol. The lowest BCUT2D eigenvalue weighted by Crippen LogP contribution is -2.48. The van der Waals surface area contributed by atoms with Crippen LogP contribution in [0.2, 0.25) is 0 Å². The summed E-state index contributed by atoms with van der Waals surface area (Å²) in [5.41, 5.74) is 2.88. The monoisotopic (exact) mass is 482 g/mol. The second-order valence-electron chi connectivity index (χ2n) is 7.43. The predicted octanol–water partition coefficient (Wildman–Crippen LogP) is 0.195. The van der Waals surface area contributed by atoms with Gasteiger partial charge in [-0.1, -0.05) is 42.5 Å². The number of ether oxygens (including phenoxy) is 1. The van der Waals surface area contributed by atoms with Gasteiger partial charge in [-0.2, -0.15) is 18.2 Å². The number of aliphatic hydroxyl groups is 2. The molecular weight excluding hydrogens is 461 g/mol. The number of nitrogens with zero attached hydrogens (tertiary/aromatic N) is 2. The minimum Gasteiger partial charge on any atom is -0.394 e. The number of rotatable bonds is 7. The number of aromatic nitrogens is 2. The van der Waals surface area contributed by atoms with Gasteiger partial charge in [0.15, 0.2) is 0 Å². The van der Waals surface area contributed by atoms with Gasteiger partial charge in [-0.3, -0.25) is 14.2 Å². The van der Waals surface area contributed by atoms with Gasteiger partial charge < -0.3 is 26.0 Å². The van der Waals surface area contributed by atoms with E-state index in [0.29, 0.717) is 0 Å². The number of hydrogen-bond acceptors (Lipinski definition) is 8. The SMILES string of the molecule is Nc1nc(=O)n([C@@]2(C(=O)c3ccccc3)C[C@H](O)[C@@H](CO)O2)cc1C=CCNC(=O)C(F)(F)F. The molecule has 5 N–H and O–H groups in total. The summed E-state index contributed by atoms with van der Waals surface area (Å²) in [6.07, 6.45) is -4.45. The Hall–Kier alpha value is -3.55. The highest BCUT2D eigenvalue weighted by molar-refractivity contribution is 6.01. The van der Waals surface area contributed by atoms with Gasteiger partial charge in [-0.15, -0.1) is 0 Å². The van der Waals surface area contributed by atoms with E-state index >= 15 is 0 Å². The Morgan fingerprint density at radius 1 is 1.32 bits per heavy atom. The average Bonchev–Trinajstić information content (AvgIpc) is 3.14. The van der Waals surface area contributed by atoms with E-state index in [0.717, 1.165) is 16.8 Å². The van der Waals surface area contributed by atoms with Gasteiger partial charge in [0.05, 0.1) is 12.7 Å². The Labute approximate surface area is 190 Å². The highest BCUT2D eigenvalue weighted by atomic mass is 19.4. The number of amides is 1. The van der Waals surface area contributed by atoms with Crippen LogP contribution in [-0.4, -0.2) is 63.0 Å². The van der Waals surface area contributed by atoms with E-state index < -0.39 is 54.6 Å². The first-order valence-corrected chi connectivity index (χ1v) is 9.97. The summed E-state index contributed by atoms with van der Waals surface area (Å²) in [4.78, 5) is 40.8. The van der Waals surface area contributed by atoms with Gasteiger partial charge in [-0.05, 0) is 0 Å². The third-order valence-electron chi connectivity index (χ3n) is 5.14. The second kappa shape index (κ2) is 9.75. The Balaban J connectivity index is 2.00. The molecule has 1 aromatic heterocycles. The Morgan fingerprint density at radius 2 is 2.00 bits per heavy atom. The highest BCUT2D eigenvalue weighted by Crippen LogP contribution is 2.37. The van der Waals surface area contributed by atoms with Crippen molar-refractivity contribution in [3.05, 3.63) is 64.2 Å². The molecule has 1 aliphatic heterocycles. The summed E-state index contributed by atoms with van der Waals surface area (Å²) in [7, 11) is 0. The van der Waals surface area contributed by atoms with E-state index in [1.54, 1.807) is 23.5 Å². The molecule has 0 saturated carbocycles. The first-order chi connectivity index (χ1) is 16.0. The fourth-order valence-electron chi connectivity index (χ4n) is 3.48. The first-order valence-electron chi connectivity index (χ1n) is 9.97. The lowest BCUT2D eigenvalue weighted by atomic mass is 9.96. The molecule has 0 unspecified atom stereocenters. The lowest BCUT2D eigenvalue weighted by Gasteiger charge is -2.30. The number of carbonyl (C=O) groups is 2. The lowest BCUT2D eigenvalue weighted by molar-refractivity contribution is -0.173. The van der Waals surface area contributed by atoms with Crippen molar-refractivity contribution in [2.75, 3.05) is 18.9 Å². The normalized spacial score (nSPS) is 22.7. The third kappa shape index (κ3) is 5.00. The van der Waals surface area contributed by atoms with Crippen molar-refractivity contribution in [2.45, 2.75) is 30.5 Å². The van der Waals surface area contributed by atoms with Crippen LogP contribution in [0.15, 0.2) is 47.4 Å². The van der Waals surface area contributed by atoms with Gasteiger partial charge >= 0.3 is 17.8 Å². The van der Waals surface area contributed by atoms with Crippen molar-refractivity contribution in [1.29, 1.82) is 0 Å². The van der Waals surface area contributed by atoms with Crippen LogP contribution in [0.25, 0.3) is 6.08 Å². The maximum atomic E-state index is 13.4. The molecule has 10 nitrogen and oxygen atoms in total. The topological polar surface area (TPSA) is 157 Å². The minimum absolute atomic E-state index is 0.0339. The van der Waals surface area contributed by atoms with Crippen LogP contribution in [0.3, 0.4) is 0 Å². The molecule has 3 atom stereocenters. The number of nitrogens with one attached hydrogen (secondary N) is 1. The smallest absolute Gasteiger partial charge is 0.394 e. The molecule has 3 rings (SSSR count). The number of halogens is 3. The summed E-state index contributed by atoms with van der Waals surface area (Å²) >= 11 is 0. The quantitative estimate of drug-likeness (QED) is 0.408. The van der Waals surface area contributed by atoms with Crippen LogP contribution in [0.5, 0.6) is 0 Å². The van der Waals surface area contributed by atoms with Crippen molar-refractivity contribution in [3.8, 4) is 0 Å². The fourth-order valence-corrected chi connectivity index (χ4v) is 3.48. The zero-order chi connectivity index (χ0) is 25.1. The molecular formula is C21H21F3N4O6. The summed E-state index contributed by atoms with van der Waals surface area (Å²) in [5.74, 6) is -3.12. The zero-order valence-corrected chi connectivity index (χ0v) is 17.5. The number of nitrogen functional groups attached to an aromatic ring is 1. The number of ketones is 1. The first kappa shape index (κ1) is 25.1. The number of nitrogens with two attached hydrogens (primary N) is 1. The molecule has 0 bridgehead atoms. The Kier molecular flexibility index (Phi) is 7.19. The second-order valence-corrected chi connectivity index (χ2v) is 7.43. The van der Waals surface area contributed by atoms with Gasteiger partial charge in [0.2, 0.25) is 11.5 Å². The molecule has 34 heavy (non-hydrogen) atoms.